The van der Waals surface area contributed by atoms with Crippen molar-refractivity contribution in [1.29, 1.82) is 0 Å². The molecule has 0 saturated heterocycles. The van der Waals surface area contributed by atoms with E-state index in [1.807, 2.05) is 66.7 Å². The molecule has 0 aliphatic rings. The third kappa shape index (κ3) is 3.35. The molecule has 0 amide bonds. The van der Waals surface area contributed by atoms with E-state index in [1.54, 1.807) is 18.4 Å². The first-order valence-corrected chi connectivity index (χ1v) is 8.86. The number of benzene rings is 3. The molecule has 4 heteroatoms. The molecule has 1 heterocycles. The van der Waals surface area contributed by atoms with Gasteiger partial charge in [0.2, 0.25) is 0 Å². The van der Waals surface area contributed by atoms with E-state index in [2.05, 4.69) is 6.07 Å². The Morgan fingerprint density at radius 2 is 1.68 bits per heavy atom. The maximum absolute atomic E-state index is 5.92. The molecule has 0 fully saturated rings. The number of hydrogen-bond acceptors (Lipinski definition) is 4. The van der Waals surface area contributed by atoms with Crippen molar-refractivity contribution < 1.29 is 9.47 Å². The first-order valence-electron chi connectivity index (χ1n) is 8.04. The largest absolute Gasteiger partial charge is 0.493 e. The first kappa shape index (κ1) is 15.7. The van der Waals surface area contributed by atoms with Crippen molar-refractivity contribution in [2.45, 2.75) is 6.61 Å². The van der Waals surface area contributed by atoms with Gasteiger partial charge >= 0.3 is 0 Å². The molecule has 0 N–H and O–H groups in total. The van der Waals surface area contributed by atoms with Crippen LogP contribution in [0.5, 0.6) is 11.5 Å². The van der Waals surface area contributed by atoms with E-state index in [4.69, 9.17) is 14.5 Å². The standard InChI is InChI=1S/C21H17NO2S/c1-23-19-13-16(21-22-17-9-5-6-10-20(17)25-21)11-12-18(19)24-14-15-7-3-2-4-8-15/h2-13H,14H2,1H3. The van der Waals surface area contributed by atoms with Gasteiger partial charge in [0.15, 0.2) is 11.5 Å². The quantitative estimate of drug-likeness (QED) is 0.474. The molecule has 0 saturated carbocycles. The van der Waals surface area contributed by atoms with Crippen molar-refractivity contribution in [2.75, 3.05) is 7.11 Å². The number of ether oxygens (including phenoxy) is 2. The van der Waals surface area contributed by atoms with E-state index in [9.17, 15) is 0 Å². The van der Waals surface area contributed by atoms with Crippen LogP contribution in [0.3, 0.4) is 0 Å². The lowest BCUT2D eigenvalue weighted by atomic mass is 10.2. The highest BCUT2D eigenvalue weighted by atomic mass is 32.1. The molecule has 0 bridgehead atoms. The van der Waals surface area contributed by atoms with Gasteiger partial charge in [-0.05, 0) is 35.9 Å². The Bertz CT molecular complexity index is 962. The Morgan fingerprint density at radius 1 is 0.880 bits per heavy atom. The number of nitrogens with zero attached hydrogens (tertiary/aromatic N) is 1. The Morgan fingerprint density at radius 3 is 2.48 bits per heavy atom. The summed E-state index contributed by atoms with van der Waals surface area (Å²) in [6, 6.07) is 24.2. The van der Waals surface area contributed by atoms with Crippen LogP contribution in [0.25, 0.3) is 20.8 Å². The summed E-state index contributed by atoms with van der Waals surface area (Å²) < 4.78 is 12.6. The average Bonchev–Trinajstić information content (AvgIpc) is 3.11. The van der Waals surface area contributed by atoms with Crippen LogP contribution in [0.2, 0.25) is 0 Å². The van der Waals surface area contributed by atoms with E-state index < -0.39 is 0 Å². The molecular weight excluding hydrogens is 330 g/mol. The first-order chi connectivity index (χ1) is 12.3. The molecule has 0 radical (unpaired) electrons. The summed E-state index contributed by atoms with van der Waals surface area (Å²) in [6.45, 7) is 0.512. The lowest BCUT2D eigenvalue weighted by Crippen LogP contribution is -1.97. The van der Waals surface area contributed by atoms with E-state index in [0.29, 0.717) is 12.4 Å². The van der Waals surface area contributed by atoms with Gasteiger partial charge in [0.05, 0.1) is 17.3 Å². The predicted octanol–water partition coefficient (Wildman–Crippen LogP) is 5.55. The minimum absolute atomic E-state index is 0.512. The Kier molecular flexibility index (Phi) is 4.36. The Labute approximate surface area is 150 Å². The maximum atomic E-state index is 5.92. The molecule has 25 heavy (non-hydrogen) atoms. The molecule has 4 rings (SSSR count). The smallest absolute Gasteiger partial charge is 0.161 e. The van der Waals surface area contributed by atoms with Crippen molar-refractivity contribution >= 4 is 21.6 Å². The second-order valence-corrected chi connectivity index (χ2v) is 6.66. The number of thiazole rings is 1. The van der Waals surface area contributed by atoms with Gasteiger partial charge in [-0.3, -0.25) is 0 Å². The third-order valence-corrected chi connectivity index (χ3v) is 5.03. The van der Waals surface area contributed by atoms with Gasteiger partial charge in [0.25, 0.3) is 0 Å². The molecule has 0 aliphatic heterocycles. The molecule has 124 valence electrons. The van der Waals surface area contributed by atoms with Crippen molar-refractivity contribution in [1.82, 2.24) is 4.98 Å². The topological polar surface area (TPSA) is 31.4 Å². The van der Waals surface area contributed by atoms with Crippen LogP contribution in [-0.2, 0) is 6.61 Å². The molecule has 0 spiro atoms. The van der Waals surface area contributed by atoms with Crippen molar-refractivity contribution in [3.8, 4) is 22.1 Å². The van der Waals surface area contributed by atoms with Gasteiger partial charge in [0, 0.05) is 5.56 Å². The third-order valence-electron chi connectivity index (χ3n) is 3.94. The minimum Gasteiger partial charge on any atom is -0.493 e. The Hall–Kier alpha value is -2.85. The van der Waals surface area contributed by atoms with Gasteiger partial charge in [-0.1, -0.05) is 42.5 Å². The zero-order valence-electron chi connectivity index (χ0n) is 13.8. The molecule has 0 aliphatic carbocycles. The van der Waals surface area contributed by atoms with Gasteiger partial charge in [-0.15, -0.1) is 11.3 Å². The zero-order valence-corrected chi connectivity index (χ0v) is 14.6. The van der Waals surface area contributed by atoms with Crippen LogP contribution < -0.4 is 9.47 Å². The minimum atomic E-state index is 0.512. The number of para-hydroxylation sites is 1. The molecule has 0 unspecified atom stereocenters. The molecule has 3 nitrogen and oxygen atoms in total. The fourth-order valence-corrected chi connectivity index (χ4v) is 3.61. The van der Waals surface area contributed by atoms with Crippen molar-refractivity contribution in [3.05, 3.63) is 78.4 Å². The number of aromatic nitrogens is 1. The number of rotatable bonds is 5. The van der Waals surface area contributed by atoms with E-state index >= 15 is 0 Å². The normalized spacial score (nSPS) is 10.8. The van der Waals surface area contributed by atoms with Crippen molar-refractivity contribution in [2.24, 2.45) is 0 Å². The second-order valence-electron chi connectivity index (χ2n) is 5.63. The monoisotopic (exact) mass is 347 g/mol. The zero-order chi connectivity index (χ0) is 17.1. The highest BCUT2D eigenvalue weighted by Gasteiger charge is 2.11. The predicted molar refractivity (Wildman–Crippen MR) is 102 cm³/mol. The fourth-order valence-electron chi connectivity index (χ4n) is 2.65. The molecule has 0 atom stereocenters. The highest BCUT2D eigenvalue weighted by molar-refractivity contribution is 7.21. The summed E-state index contributed by atoms with van der Waals surface area (Å²) in [4.78, 5) is 4.70. The number of methoxy groups -OCH3 is 1. The summed E-state index contributed by atoms with van der Waals surface area (Å²) in [5.74, 6) is 1.45. The van der Waals surface area contributed by atoms with E-state index in [1.165, 1.54) is 4.70 Å². The Balaban J connectivity index is 1.60. The van der Waals surface area contributed by atoms with Gasteiger partial charge in [0.1, 0.15) is 11.6 Å². The average molecular weight is 347 g/mol. The summed E-state index contributed by atoms with van der Waals surface area (Å²) >= 11 is 1.68. The number of fused-ring (bicyclic) bond motifs is 1. The second kappa shape index (κ2) is 6.95. The number of hydrogen-bond donors (Lipinski definition) is 0. The van der Waals surface area contributed by atoms with Gasteiger partial charge in [-0.25, -0.2) is 4.98 Å². The van der Waals surface area contributed by atoms with Crippen LogP contribution in [0, 0.1) is 0 Å². The van der Waals surface area contributed by atoms with Crippen LogP contribution in [0.1, 0.15) is 5.56 Å². The van der Waals surface area contributed by atoms with Crippen LogP contribution >= 0.6 is 11.3 Å². The van der Waals surface area contributed by atoms with Gasteiger partial charge in [-0.2, -0.15) is 0 Å². The van der Waals surface area contributed by atoms with Crippen molar-refractivity contribution in [3.63, 3.8) is 0 Å². The molecule has 4 aromatic rings. The highest BCUT2D eigenvalue weighted by Crippen LogP contribution is 2.36. The van der Waals surface area contributed by atoms with Crippen LogP contribution in [0.4, 0.5) is 0 Å². The van der Waals surface area contributed by atoms with Crippen LogP contribution in [0.15, 0.2) is 72.8 Å². The SMILES string of the molecule is COc1cc(-c2nc3ccccc3s2)ccc1OCc1ccccc1. The van der Waals surface area contributed by atoms with Gasteiger partial charge < -0.3 is 9.47 Å². The lowest BCUT2D eigenvalue weighted by molar-refractivity contribution is 0.284. The summed E-state index contributed by atoms with van der Waals surface area (Å²) in [5.41, 5.74) is 3.18. The van der Waals surface area contributed by atoms with Crippen LogP contribution in [-0.4, -0.2) is 12.1 Å². The summed E-state index contributed by atoms with van der Waals surface area (Å²) in [5, 5.41) is 0.981. The maximum Gasteiger partial charge on any atom is 0.161 e. The van der Waals surface area contributed by atoms with E-state index in [-0.39, 0.29) is 0 Å². The lowest BCUT2D eigenvalue weighted by Gasteiger charge is -2.11. The molecule has 3 aromatic carbocycles. The fraction of sp³-hybridized carbons (Fsp3) is 0.0952. The molecular formula is C21H17NO2S. The van der Waals surface area contributed by atoms with E-state index in [0.717, 1.165) is 27.4 Å². The summed E-state index contributed by atoms with van der Waals surface area (Å²) in [7, 11) is 1.66. The summed E-state index contributed by atoms with van der Waals surface area (Å²) in [6.07, 6.45) is 0. The molecule has 1 aromatic heterocycles.